The lowest BCUT2D eigenvalue weighted by molar-refractivity contribution is 0.0975. The predicted octanol–water partition coefficient (Wildman–Crippen LogP) is 3.89. The number of nitrogens with one attached hydrogen (secondary N) is 1. The number of benzene rings is 3. The molecule has 6 heteroatoms. The number of phenols is 1. The van der Waals surface area contributed by atoms with Gasteiger partial charge >= 0.3 is 0 Å². The van der Waals surface area contributed by atoms with Gasteiger partial charge in [-0.25, -0.2) is 0 Å². The zero-order valence-electron chi connectivity index (χ0n) is 14.3. The molecule has 2 heterocycles. The Morgan fingerprint density at radius 2 is 1.74 bits per heavy atom. The fourth-order valence-corrected chi connectivity index (χ4v) is 3.44. The van der Waals surface area contributed by atoms with Gasteiger partial charge in [-0.05, 0) is 42.0 Å². The highest BCUT2D eigenvalue weighted by Crippen LogP contribution is 2.41. The number of aromatic hydroxyl groups is 1. The van der Waals surface area contributed by atoms with Crippen molar-refractivity contribution in [3.8, 4) is 17.2 Å². The summed E-state index contributed by atoms with van der Waals surface area (Å²) in [6.45, 7) is 0.176. The normalized spacial score (nSPS) is 17.4. The number of ether oxygens (including phenoxy) is 2. The maximum atomic E-state index is 13.3. The fraction of sp³-hybridized carbons (Fsp3) is 0.0952. The molecule has 3 aromatic rings. The van der Waals surface area contributed by atoms with Crippen molar-refractivity contribution in [3.63, 3.8) is 0 Å². The number of fused-ring (bicyclic) bond motifs is 2. The van der Waals surface area contributed by atoms with E-state index in [2.05, 4.69) is 5.32 Å². The highest BCUT2D eigenvalue weighted by molar-refractivity contribution is 6.12. The van der Waals surface area contributed by atoms with Gasteiger partial charge in [0.15, 0.2) is 11.5 Å². The van der Waals surface area contributed by atoms with Gasteiger partial charge in [0.25, 0.3) is 5.91 Å². The molecular weight excluding hydrogens is 344 g/mol. The minimum Gasteiger partial charge on any atom is -0.508 e. The summed E-state index contributed by atoms with van der Waals surface area (Å²) in [6, 6.07) is 19.7. The molecule has 0 saturated carbocycles. The molecule has 2 aliphatic rings. The molecule has 0 spiro atoms. The van der Waals surface area contributed by atoms with E-state index in [1.807, 2.05) is 30.3 Å². The fourth-order valence-electron chi connectivity index (χ4n) is 3.44. The standard InChI is InChI=1S/C21H16N2O4/c24-15-8-5-13(6-9-15)20-22-17-4-2-1-3-16(17)21(25)23(20)14-7-10-18-19(11-14)27-12-26-18/h1-11,20,22,24H,12H2/t20-/m0/s1. The van der Waals surface area contributed by atoms with Crippen LogP contribution in [0.5, 0.6) is 17.2 Å². The first-order valence-corrected chi connectivity index (χ1v) is 8.58. The van der Waals surface area contributed by atoms with Crippen LogP contribution in [0.4, 0.5) is 11.4 Å². The molecule has 0 unspecified atom stereocenters. The largest absolute Gasteiger partial charge is 0.508 e. The average molecular weight is 360 g/mol. The Labute approximate surface area is 155 Å². The van der Waals surface area contributed by atoms with Crippen LogP contribution in [0.25, 0.3) is 0 Å². The van der Waals surface area contributed by atoms with Gasteiger partial charge in [-0.3, -0.25) is 9.69 Å². The maximum Gasteiger partial charge on any atom is 0.262 e. The second kappa shape index (κ2) is 5.95. The van der Waals surface area contributed by atoms with Crippen LogP contribution in [0, 0.1) is 0 Å². The Morgan fingerprint density at radius 1 is 0.963 bits per heavy atom. The highest BCUT2D eigenvalue weighted by atomic mass is 16.7. The number of carbonyl (C=O) groups is 1. The van der Waals surface area contributed by atoms with E-state index in [0.29, 0.717) is 22.7 Å². The summed E-state index contributed by atoms with van der Waals surface area (Å²) >= 11 is 0. The van der Waals surface area contributed by atoms with Crippen LogP contribution < -0.4 is 19.7 Å². The zero-order chi connectivity index (χ0) is 18.4. The number of hydrogen-bond acceptors (Lipinski definition) is 5. The average Bonchev–Trinajstić information content (AvgIpc) is 3.16. The minimum atomic E-state index is -0.423. The molecular formula is C21H16N2O4. The number of carbonyl (C=O) groups excluding carboxylic acids is 1. The van der Waals surface area contributed by atoms with Gasteiger partial charge in [-0.1, -0.05) is 24.3 Å². The third kappa shape index (κ3) is 2.54. The van der Waals surface area contributed by atoms with Gasteiger partial charge in [-0.2, -0.15) is 0 Å². The Hall–Kier alpha value is -3.67. The lowest BCUT2D eigenvalue weighted by Gasteiger charge is -2.38. The van der Waals surface area contributed by atoms with Crippen molar-refractivity contribution in [1.82, 2.24) is 0 Å². The number of amides is 1. The van der Waals surface area contributed by atoms with Crippen molar-refractivity contribution in [2.75, 3.05) is 17.0 Å². The van der Waals surface area contributed by atoms with Gasteiger partial charge < -0.3 is 19.9 Å². The molecule has 0 aromatic heterocycles. The first-order valence-electron chi connectivity index (χ1n) is 8.58. The quantitative estimate of drug-likeness (QED) is 0.725. The van der Waals surface area contributed by atoms with Gasteiger partial charge in [0, 0.05) is 11.8 Å². The van der Waals surface area contributed by atoms with Crippen LogP contribution >= 0.6 is 0 Å². The number of nitrogens with zero attached hydrogens (tertiary/aromatic N) is 1. The van der Waals surface area contributed by atoms with Gasteiger partial charge in [0.2, 0.25) is 6.79 Å². The molecule has 0 saturated heterocycles. The number of rotatable bonds is 2. The van der Waals surface area contributed by atoms with E-state index in [0.717, 1.165) is 11.3 Å². The first-order chi connectivity index (χ1) is 13.2. The Kier molecular flexibility index (Phi) is 3.43. The maximum absolute atomic E-state index is 13.3. The summed E-state index contributed by atoms with van der Waals surface area (Å²) in [5.41, 5.74) is 2.93. The number of anilines is 2. The Morgan fingerprint density at radius 3 is 2.59 bits per heavy atom. The molecule has 27 heavy (non-hydrogen) atoms. The van der Waals surface area contributed by atoms with Gasteiger partial charge in [0.05, 0.1) is 11.3 Å². The van der Waals surface area contributed by atoms with E-state index in [1.165, 1.54) is 0 Å². The lowest BCUT2D eigenvalue weighted by atomic mass is 10.0. The first kappa shape index (κ1) is 15.6. The molecule has 3 aromatic carbocycles. The van der Waals surface area contributed by atoms with Crippen molar-refractivity contribution >= 4 is 17.3 Å². The van der Waals surface area contributed by atoms with Crippen LogP contribution in [0.1, 0.15) is 22.1 Å². The number of hydrogen-bond donors (Lipinski definition) is 2. The van der Waals surface area contributed by atoms with Crippen LogP contribution in [-0.4, -0.2) is 17.8 Å². The summed E-state index contributed by atoms with van der Waals surface area (Å²) < 4.78 is 10.9. The van der Waals surface area contributed by atoms with Crippen LogP contribution in [0.3, 0.4) is 0 Å². The van der Waals surface area contributed by atoms with E-state index in [4.69, 9.17) is 9.47 Å². The Balaban J connectivity index is 1.64. The summed E-state index contributed by atoms with van der Waals surface area (Å²) in [4.78, 5) is 15.0. The van der Waals surface area contributed by atoms with Gasteiger partial charge in [-0.15, -0.1) is 0 Å². The number of para-hydroxylation sites is 1. The summed E-state index contributed by atoms with van der Waals surface area (Å²) in [5, 5.41) is 13.1. The van der Waals surface area contributed by atoms with Crippen molar-refractivity contribution < 1.29 is 19.4 Å². The number of phenolic OH excluding ortho intramolecular Hbond substituents is 1. The second-order valence-electron chi connectivity index (χ2n) is 6.40. The van der Waals surface area contributed by atoms with E-state index < -0.39 is 6.17 Å². The zero-order valence-corrected chi connectivity index (χ0v) is 14.3. The van der Waals surface area contributed by atoms with Crippen molar-refractivity contribution in [2.45, 2.75) is 6.17 Å². The summed E-state index contributed by atoms with van der Waals surface area (Å²) in [5.74, 6) is 1.35. The molecule has 1 amide bonds. The summed E-state index contributed by atoms with van der Waals surface area (Å²) in [7, 11) is 0. The van der Waals surface area contributed by atoms with Crippen molar-refractivity contribution in [2.24, 2.45) is 0 Å². The van der Waals surface area contributed by atoms with Crippen LogP contribution in [0.2, 0.25) is 0 Å². The molecule has 2 aliphatic heterocycles. The molecule has 2 N–H and O–H groups in total. The van der Waals surface area contributed by atoms with E-state index in [9.17, 15) is 9.90 Å². The third-order valence-corrected chi connectivity index (χ3v) is 4.77. The van der Waals surface area contributed by atoms with Gasteiger partial charge in [0.1, 0.15) is 11.9 Å². The van der Waals surface area contributed by atoms with E-state index in [-0.39, 0.29) is 18.4 Å². The van der Waals surface area contributed by atoms with Crippen LogP contribution in [0.15, 0.2) is 66.7 Å². The molecule has 1 atom stereocenters. The molecule has 5 rings (SSSR count). The predicted molar refractivity (Wildman–Crippen MR) is 100 cm³/mol. The SMILES string of the molecule is O=C1c2ccccc2N[C@H](c2ccc(O)cc2)N1c1ccc2c(c1)OCO2. The smallest absolute Gasteiger partial charge is 0.262 e. The summed E-state index contributed by atoms with van der Waals surface area (Å²) in [6.07, 6.45) is -0.423. The second-order valence-corrected chi connectivity index (χ2v) is 6.40. The molecule has 134 valence electrons. The molecule has 6 nitrogen and oxygen atoms in total. The molecule has 0 radical (unpaired) electrons. The van der Waals surface area contributed by atoms with Crippen molar-refractivity contribution in [3.05, 3.63) is 77.9 Å². The third-order valence-electron chi connectivity index (χ3n) is 4.77. The monoisotopic (exact) mass is 360 g/mol. The molecule has 0 aliphatic carbocycles. The Bertz CT molecular complexity index is 1030. The molecule has 0 fully saturated rings. The minimum absolute atomic E-state index is 0.110. The van der Waals surface area contributed by atoms with Crippen molar-refractivity contribution in [1.29, 1.82) is 0 Å². The van der Waals surface area contributed by atoms with E-state index >= 15 is 0 Å². The van der Waals surface area contributed by atoms with Crippen LogP contribution in [-0.2, 0) is 0 Å². The topological polar surface area (TPSA) is 71.0 Å². The van der Waals surface area contributed by atoms with E-state index in [1.54, 1.807) is 41.3 Å². The lowest BCUT2D eigenvalue weighted by Crippen LogP contribution is -2.43. The molecule has 0 bridgehead atoms. The highest BCUT2D eigenvalue weighted by Gasteiger charge is 2.34.